The van der Waals surface area contributed by atoms with Gasteiger partial charge < -0.3 is 5.43 Å². The van der Waals surface area contributed by atoms with E-state index in [1.807, 2.05) is 0 Å². The molecule has 19 heavy (non-hydrogen) atoms. The van der Waals surface area contributed by atoms with Gasteiger partial charge in [-0.25, -0.2) is 29.0 Å². The molecule has 0 aliphatic rings. The van der Waals surface area contributed by atoms with Crippen LogP contribution >= 0.6 is 0 Å². The highest BCUT2D eigenvalue weighted by atomic mass is 19.1. The molecule has 0 fully saturated rings. The van der Waals surface area contributed by atoms with E-state index in [4.69, 9.17) is 5.84 Å². The number of aromatic nitrogens is 2. The molecule has 100 valence electrons. The summed E-state index contributed by atoms with van der Waals surface area (Å²) in [6, 6.07) is 3.11. The maximum absolute atomic E-state index is 13.5. The minimum absolute atomic E-state index is 0.0739. The van der Waals surface area contributed by atoms with Crippen molar-refractivity contribution in [3.05, 3.63) is 52.7 Å². The lowest BCUT2D eigenvalue weighted by Crippen LogP contribution is -2.14. The van der Waals surface area contributed by atoms with Crippen molar-refractivity contribution in [3.63, 3.8) is 0 Å². The highest BCUT2D eigenvalue weighted by Gasteiger charge is 2.11. The Hall–Kier alpha value is -2.15. The highest BCUT2D eigenvalue weighted by Crippen LogP contribution is 2.16. The fourth-order valence-electron chi connectivity index (χ4n) is 1.69. The number of aryl methyl sites for hydroxylation is 1. The summed E-state index contributed by atoms with van der Waals surface area (Å²) in [5.74, 6) is 3.16. The van der Waals surface area contributed by atoms with E-state index in [-0.39, 0.29) is 23.8 Å². The number of nitrogens with two attached hydrogens (primary N) is 1. The maximum atomic E-state index is 13.5. The molecule has 0 spiro atoms. The largest absolute Gasteiger partial charge is 0.306 e. The topological polar surface area (TPSA) is 63.8 Å². The van der Waals surface area contributed by atoms with Gasteiger partial charge in [-0.1, -0.05) is 0 Å². The number of hydrazine groups is 1. The Balaban J connectivity index is 2.35. The van der Waals surface area contributed by atoms with E-state index in [0.29, 0.717) is 5.56 Å². The minimum Gasteiger partial charge on any atom is -0.306 e. The predicted molar refractivity (Wildman–Crippen MR) is 63.7 cm³/mol. The minimum atomic E-state index is -0.689. The molecule has 0 saturated heterocycles. The fourth-order valence-corrected chi connectivity index (χ4v) is 1.69. The van der Waals surface area contributed by atoms with Crippen LogP contribution < -0.4 is 11.3 Å². The number of nitrogens with zero attached hydrogens (tertiary/aromatic N) is 2. The van der Waals surface area contributed by atoms with E-state index in [1.165, 1.54) is 19.1 Å². The number of nitrogens with one attached hydrogen (secondary N) is 1. The zero-order valence-electron chi connectivity index (χ0n) is 10.0. The van der Waals surface area contributed by atoms with Crippen LogP contribution in [-0.2, 0) is 6.42 Å². The smallest absolute Gasteiger partial charge is 0.187 e. The number of halogens is 3. The summed E-state index contributed by atoms with van der Waals surface area (Å²) in [5, 5.41) is 0. The first kappa shape index (κ1) is 13.3. The Morgan fingerprint density at radius 2 is 1.74 bits per heavy atom. The van der Waals surface area contributed by atoms with Gasteiger partial charge in [0.1, 0.15) is 17.5 Å². The number of benzene rings is 1. The zero-order valence-corrected chi connectivity index (χ0v) is 10.0. The van der Waals surface area contributed by atoms with Gasteiger partial charge in [-0.05, 0) is 24.6 Å². The predicted octanol–water partition coefficient (Wildman–Crippen LogP) is 2.08. The maximum Gasteiger partial charge on any atom is 0.187 e. The van der Waals surface area contributed by atoms with Gasteiger partial charge in [-0.2, -0.15) is 0 Å². The second kappa shape index (κ2) is 5.23. The van der Waals surface area contributed by atoms with Crippen molar-refractivity contribution in [2.45, 2.75) is 13.3 Å². The average molecular weight is 268 g/mol. The van der Waals surface area contributed by atoms with Crippen LogP contribution in [0.15, 0.2) is 18.2 Å². The van der Waals surface area contributed by atoms with Crippen LogP contribution in [0, 0.1) is 24.4 Å². The van der Waals surface area contributed by atoms with Gasteiger partial charge in [-0.15, -0.1) is 0 Å². The summed E-state index contributed by atoms with van der Waals surface area (Å²) in [5.41, 5.74) is 2.57. The molecule has 0 aliphatic heterocycles. The van der Waals surface area contributed by atoms with Crippen LogP contribution in [0.2, 0.25) is 0 Å². The van der Waals surface area contributed by atoms with Crippen molar-refractivity contribution in [1.29, 1.82) is 0 Å². The summed E-state index contributed by atoms with van der Waals surface area (Å²) in [4.78, 5) is 7.75. The molecule has 1 heterocycles. The molecule has 0 bridgehead atoms. The number of hydrogen-bond acceptors (Lipinski definition) is 4. The molecule has 1 aromatic heterocycles. The number of anilines is 1. The van der Waals surface area contributed by atoms with Gasteiger partial charge in [0.25, 0.3) is 0 Å². The van der Waals surface area contributed by atoms with Crippen molar-refractivity contribution in [2.24, 2.45) is 5.84 Å². The first-order chi connectivity index (χ1) is 8.99. The molecule has 4 nitrogen and oxygen atoms in total. The number of hydrogen-bond donors (Lipinski definition) is 2. The Kier molecular flexibility index (Phi) is 3.66. The Bertz CT molecular complexity index is 596. The van der Waals surface area contributed by atoms with E-state index < -0.39 is 17.5 Å². The molecular formula is C12H11F3N4. The van der Waals surface area contributed by atoms with E-state index in [9.17, 15) is 13.2 Å². The van der Waals surface area contributed by atoms with Crippen LogP contribution in [0.4, 0.5) is 19.0 Å². The molecule has 0 aliphatic carbocycles. The van der Waals surface area contributed by atoms with Gasteiger partial charge in [0, 0.05) is 12.5 Å². The van der Waals surface area contributed by atoms with E-state index in [0.717, 1.165) is 6.07 Å². The molecule has 2 rings (SSSR count). The van der Waals surface area contributed by atoms with E-state index >= 15 is 0 Å². The molecular weight excluding hydrogens is 257 g/mol. The summed E-state index contributed by atoms with van der Waals surface area (Å²) in [7, 11) is 0. The van der Waals surface area contributed by atoms with Crippen LogP contribution in [-0.4, -0.2) is 9.97 Å². The third-order valence-electron chi connectivity index (χ3n) is 2.48. The number of rotatable bonds is 3. The molecule has 0 amide bonds. The molecule has 0 unspecified atom stereocenters. The summed E-state index contributed by atoms with van der Waals surface area (Å²) in [6.45, 7) is 1.45. The SMILES string of the molecule is Cc1nc(Cc2cc(F)cc(F)c2)nc(NN)c1F. The van der Waals surface area contributed by atoms with E-state index in [1.54, 1.807) is 0 Å². The Labute approximate surface area is 107 Å². The van der Waals surface area contributed by atoms with Crippen molar-refractivity contribution >= 4 is 5.82 Å². The first-order valence-corrected chi connectivity index (χ1v) is 5.44. The van der Waals surface area contributed by atoms with Crippen molar-refractivity contribution in [3.8, 4) is 0 Å². The second-order valence-electron chi connectivity index (χ2n) is 3.99. The molecule has 2 aromatic rings. The summed E-state index contributed by atoms with van der Waals surface area (Å²) < 4.78 is 39.6. The molecule has 0 radical (unpaired) electrons. The molecule has 3 N–H and O–H groups in total. The Morgan fingerprint density at radius 1 is 1.11 bits per heavy atom. The second-order valence-corrected chi connectivity index (χ2v) is 3.99. The summed E-state index contributed by atoms with van der Waals surface area (Å²) in [6.07, 6.45) is 0.0739. The lowest BCUT2D eigenvalue weighted by atomic mass is 10.1. The standard InChI is InChI=1S/C12H11F3N4/c1-6-11(15)12(19-16)18-10(17-6)4-7-2-8(13)5-9(14)3-7/h2-3,5H,4,16H2,1H3,(H,17,18,19). The van der Waals surface area contributed by atoms with Crippen molar-refractivity contribution in [2.75, 3.05) is 5.43 Å². The normalized spacial score (nSPS) is 10.6. The van der Waals surface area contributed by atoms with Crippen LogP contribution in [0.1, 0.15) is 17.1 Å². The van der Waals surface area contributed by atoms with Gasteiger partial charge in [-0.3, -0.25) is 0 Å². The third-order valence-corrected chi connectivity index (χ3v) is 2.48. The van der Waals surface area contributed by atoms with Gasteiger partial charge >= 0.3 is 0 Å². The third kappa shape index (κ3) is 3.00. The highest BCUT2D eigenvalue weighted by molar-refractivity contribution is 5.37. The van der Waals surface area contributed by atoms with Crippen LogP contribution in [0.25, 0.3) is 0 Å². The molecule has 0 saturated carbocycles. The van der Waals surface area contributed by atoms with Crippen molar-refractivity contribution in [1.82, 2.24) is 9.97 Å². The lowest BCUT2D eigenvalue weighted by molar-refractivity contribution is 0.579. The molecule has 1 aromatic carbocycles. The monoisotopic (exact) mass is 268 g/mol. The van der Waals surface area contributed by atoms with Gasteiger partial charge in [0.2, 0.25) is 0 Å². The average Bonchev–Trinajstić information content (AvgIpc) is 2.32. The zero-order chi connectivity index (χ0) is 14.0. The van der Waals surface area contributed by atoms with Gasteiger partial charge in [0.05, 0.1) is 5.69 Å². The number of nitrogen functional groups attached to an aromatic ring is 1. The van der Waals surface area contributed by atoms with Crippen molar-refractivity contribution < 1.29 is 13.2 Å². The van der Waals surface area contributed by atoms with Crippen LogP contribution in [0.3, 0.4) is 0 Å². The quantitative estimate of drug-likeness (QED) is 0.661. The van der Waals surface area contributed by atoms with Gasteiger partial charge in [0.15, 0.2) is 11.6 Å². The van der Waals surface area contributed by atoms with Crippen LogP contribution in [0.5, 0.6) is 0 Å². The Morgan fingerprint density at radius 3 is 2.32 bits per heavy atom. The molecule has 7 heteroatoms. The summed E-state index contributed by atoms with van der Waals surface area (Å²) >= 11 is 0. The first-order valence-electron chi connectivity index (χ1n) is 5.44. The fraction of sp³-hybridized carbons (Fsp3) is 0.167. The lowest BCUT2D eigenvalue weighted by Gasteiger charge is -2.07. The van der Waals surface area contributed by atoms with E-state index in [2.05, 4.69) is 15.4 Å². The molecule has 0 atom stereocenters.